The lowest BCUT2D eigenvalue weighted by Crippen LogP contribution is -2.41. The molecule has 5 nitrogen and oxygen atoms in total. The molecule has 0 bridgehead atoms. The number of ether oxygens (including phenoxy) is 1. The standard InChI is InChI=1S/C16H24N2O3/c1-2-13(14-8-4-3-5-9-14)12-17-16(19)18-21-15-10-6-7-11-20-15/h3-5,8-9,13,15H,2,6-7,10-12H2,1H3,(H2,17,18,19)/t13-,15+/m0/s1. The first-order valence-corrected chi connectivity index (χ1v) is 7.65. The van der Waals surface area contributed by atoms with Crippen molar-refractivity contribution in [2.24, 2.45) is 0 Å². The van der Waals surface area contributed by atoms with E-state index >= 15 is 0 Å². The van der Waals surface area contributed by atoms with Crippen molar-refractivity contribution in [3.8, 4) is 0 Å². The van der Waals surface area contributed by atoms with Crippen LogP contribution in [0.3, 0.4) is 0 Å². The number of urea groups is 1. The first kappa shape index (κ1) is 15.8. The van der Waals surface area contributed by atoms with E-state index < -0.39 is 0 Å². The zero-order valence-electron chi connectivity index (χ0n) is 12.5. The number of amides is 2. The van der Waals surface area contributed by atoms with Crippen molar-refractivity contribution >= 4 is 6.03 Å². The Hall–Kier alpha value is -1.59. The number of carbonyl (C=O) groups is 1. The second-order valence-corrected chi connectivity index (χ2v) is 5.24. The molecular formula is C16H24N2O3. The van der Waals surface area contributed by atoms with Gasteiger partial charge in [-0.15, -0.1) is 0 Å². The van der Waals surface area contributed by atoms with Gasteiger partial charge < -0.3 is 10.1 Å². The second-order valence-electron chi connectivity index (χ2n) is 5.24. The molecule has 0 saturated carbocycles. The molecule has 0 unspecified atom stereocenters. The first-order valence-electron chi connectivity index (χ1n) is 7.65. The zero-order valence-corrected chi connectivity index (χ0v) is 12.5. The van der Waals surface area contributed by atoms with Crippen LogP contribution in [-0.4, -0.2) is 25.5 Å². The number of nitrogens with one attached hydrogen (secondary N) is 2. The summed E-state index contributed by atoms with van der Waals surface area (Å²) in [5.74, 6) is 0.308. The third-order valence-electron chi connectivity index (χ3n) is 3.69. The van der Waals surface area contributed by atoms with Crippen molar-refractivity contribution in [1.29, 1.82) is 0 Å². The van der Waals surface area contributed by atoms with Crippen LogP contribution in [0.1, 0.15) is 44.1 Å². The predicted octanol–water partition coefficient (Wildman–Crippen LogP) is 2.94. The van der Waals surface area contributed by atoms with Gasteiger partial charge >= 0.3 is 6.03 Å². The van der Waals surface area contributed by atoms with E-state index in [1.165, 1.54) is 5.56 Å². The van der Waals surface area contributed by atoms with Crippen LogP contribution in [0.5, 0.6) is 0 Å². The number of rotatable bonds is 6. The molecule has 1 aromatic rings. The number of hydroxylamine groups is 1. The molecule has 1 saturated heterocycles. The summed E-state index contributed by atoms with van der Waals surface area (Å²) in [4.78, 5) is 17.0. The quantitative estimate of drug-likeness (QED) is 0.793. The maximum absolute atomic E-state index is 11.7. The molecule has 1 aliphatic rings. The zero-order chi connectivity index (χ0) is 14.9. The number of hydrogen-bond donors (Lipinski definition) is 2. The number of hydrogen-bond acceptors (Lipinski definition) is 3. The van der Waals surface area contributed by atoms with Crippen LogP contribution in [-0.2, 0) is 9.57 Å². The van der Waals surface area contributed by atoms with Gasteiger partial charge in [0.05, 0.1) is 0 Å². The van der Waals surface area contributed by atoms with E-state index in [0.717, 1.165) is 25.7 Å². The molecule has 0 aliphatic carbocycles. The minimum Gasteiger partial charge on any atom is -0.350 e. The van der Waals surface area contributed by atoms with Gasteiger partial charge in [-0.25, -0.2) is 15.1 Å². The summed E-state index contributed by atoms with van der Waals surface area (Å²) in [7, 11) is 0. The predicted molar refractivity (Wildman–Crippen MR) is 80.7 cm³/mol. The van der Waals surface area contributed by atoms with E-state index in [1.807, 2.05) is 18.2 Å². The molecule has 116 valence electrons. The Labute approximate surface area is 126 Å². The van der Waals surface area contributed by atoms with Crippen molar-refractivity contribution in [2.75, 3.05) is 13.2 Å². The molecule has 1 aliphatic heterocycles. The average Bonchev–Trinajstić information content (AvgIpc) is 2.55. The maximum Gasteiger partial charge on any atom is 0.338 e. The van der Waals surface area contributed by atoms with Crippen LogP contribution in [0.4, 0.5) is 4.79 Å². The summed E-state index contributed by atoms with van der Waals surface area (Å²) in [5, 5.41) is 2.84. The smallest absolute Gasteiger partial charge is 0.338 e. The monoisotopic (exact) mass is 292 g/mol. The molecule has 2 rings (SSSR count). The Morgan fingerprint density at radius 2 is 2.19 bits per heavy atom. The van der Waals surface area contributed by atoms with Gasteiger partial charge in [0.15, 0.2) is 6.29 Å². The fourth-order valence-corrected chi connectivity index (χ4v) is 2.40. The van der Waals surface area contributed by atoms with Crippen molar-refractivity contribution in [3.63, 3.8) is 0 Å². The van der Waals surface area contributed by atoms with Crippen molar-refractivity contribution in [1.82, 2.24) is 10.8 Å². The second kappa shape index (κ2) is 8.64. The Balaban J connectivity index is 1.69. The van der Waals surface area contributed by atoms with E-state index in [2.05, 4.69) is 29.9 Å². The fraction of sp³-hybridized carbons (Fsp3) is 0.562. The summed E-state index contributed by atoms with van der Waals surface area (Å²) < 4.78 is 5.38. The Bertz CT molecular complexity index is 419. The lowest BCUT2D eigenvalue weighted by atomic mass is 9.97. The van der Waals surface area contributed by atoms with Crippen molar-refractivity contribution in [3.05, 3.63) is 35.9 Å². The minimum atomic E-state index is -0.321. The summed E-state index contributed by atoms with van der Waals surface area (Å²) in [6, 6.07) is 9.87. The highest BCUT2D eigenvalue weighted by Crippen LogP contribution is 2.17. The third kappa shape index (κ3) is 5.36. The van der Waals surface area contributed by atoms with Crippen LogP contribution in [0, 0.1) is 0 Å². The van der Waals surface area contributed by atoms with Gasteiger partial charge in [0.25, 0.3) is 0 Å². The minimum absolute atomic E-state index is 0.308. The Morgan fingerprint density at radius 1 is 1.38 bits per heavy atom. The van der Waals surface area contributed by atoms with E-state index in [-0.39, 0.29) is 12.3 Å². The van der Waals surface area contributed by atoms with Gasteiger partial charge in [0.1, 0.15) is 0 Å². The molecule has 2 amide bonds. The fourth-order valence-electron chi connectivity index (χ4n) is 2.40. The van der Waals surface area contributed by atoms with Crippen LogP contribution >= 0.6 is 0 Å². The van der Waals surface area contributed by atoms with Gasteiger partial charge in [-0.2, -0.15) is 0 Å². The van der Waals surface area contributed by atoms with Gasteiger partial charge in [-0.05, 0) is 24.8 Å². The maximum atomic E-state index is 11.7. The SMILES string of the molecule is CC[C@@H](CNC(=O)NO[C@@H]1CCCCO1)c1ccccc1. The lowest BCUT2D eigenvalue weighted by Gasteiger charge is -2.22. The van der Waals surface area contributed by atoms with Crippen LogP contribution in [0.15, 0.2) is 30.3 Å². The summed E-state index contributed by atoms with van der Waals surface area (Å²) in [6.45, 7) is 3.39. The molecule has 0 radical (unpaired) electrons. The molecule has 1 fully saturated rings. The van der Waals surface area contributed by atoms with E-state index in [9.17, 15) is 4.79 Å². The molecule has 5 heteroatoms. The Kier molecular flexibility index (Phi) is 6.50. The largest absolute Gasteiger partial charge is 0.350 e. The molecule has 21 heavy (non-hydrogen) atoms. The lowest BCUT2D eigenvalue weighted by molar-refractivity contribution is -0.186. The van der Waals surface area contributed by atoms with E-state index in [1.54, 1.807) is 0 Å². The molecule has 0 aromatic heterocycles. The molecule has 1 heterocycles. The summed E-state index contributed by atoms with van der Waals surface area (Å²) >= 11 is 0. The highest BCUT2D eigenvalue weighted by molar-refractivity contribution is 5.72. The average molecular weight is 292 g/mol. The number of carbonyl (C=O) groups excluding carboxylic acids is 1. The van der Waals surface area contributed by atoms with Crippen LogP contribution < -0.4 is 10.8 Å². The first-order chi connectivity index (χ1) is 10.3. The van der Waals surface area contributed by atoms with Crippen molar-refractivity contribution in [2.45, 2.75) is 44.8 Å². The molecule has 1 aromatic carbocycles. The van der Waals surface area contributed by atoms with Gasteiger partial charge in [0, 0.05) is 25.5 Å². The Morgan fingerprint density at radius 3 is 2.86 bits per heavy atom. The summed E-state index contributed by atoms with van der Waals surface area (Å²) in [6.07, 6.45) is 3.60. The molecular weight excluding hydrogens is 268 g/mol. The summed E-state index contributed by atoms with van der Waals surface area (Å²) in [5.41, 5.74) is 3.64. The topological polar surface area (TPSA) is 59.6 Å². The normalized spacial score (nSPS) is 19.8. The van der Waals surface area contributed by atoms with Gasteiger partial charge in [-0.3, -0.25) is 0 Å². The third-order valence-corrected chi connectivity index (χ3v) is 3.69. The number of benzene rings is 1. The van der Waals surface area contributed by atoms with Crippen LogP contribution in [0.25, 0.3) is 0 Å². The molecule has 2 N–H and O–H groups in total. The van der Waals surface area contributed by atoms with Gasteiger partial charge in [-0.1, -0.05) is 37.3 Å². The molecule has 2 atom stereocenters. The van der Waals surface area contributed by atoms with Crippen LogP contribution in [0.2, 0.25) is 0 Å². The highest BCUT2D eigenvalue weighted by Gasteiger charge is 2.16. The van der Waals surface area contributed by atoms with Gasteiger partial charge in [0.2, 0.25) is 0 Å². The van der Waals surface area contributed by atoms with E-state index in [4.69, 9.17) is 9.57 Å². The molecule has 0 spiro atoms. The van der Waals surface area contributed by atoms with Crippen molar-refractivity contribution < 1.29 is 14.4 Å². The highest BCUT2D eigenvalue weighted by atomic mass is 16.8. The van der Waals surface area contributed by atoms with E-state index in [0.29, 0.717) is 19.1 Å².